The number of rotatable bonds is 2. The first-order valence-corrected chi connectivity index (χ1v) is 4.45. The third kappa shape index (κ3) is 4.12. The molecule has 15 heavy (non-hydrogen) atoms. The highest BCUT2D eigenvalue weighted by atomic mass is 17.2. The number of nitrogens with one attached hydrogen (secondary N) is 1. The minimum Gasteiger partial charge on any atom is -0.288 e. The molecule has 0 aromatic heterocycles. The first kappa shape index (κ1) is 11.0. The summed E-state index contributed by atoms with van der Waals surface area (Å²) in [7, 11) is 0. The molecule has 0 fully saturated rings. The molecule has 80 valence electrons. The SMILES string of the molecule is CCC(=O)OOC(=O)Nc1ccccc1. The van der Waals surface area contributed by atoms with Crippen LogP contribution >= 0.6 is 0 Å². The standard InChI is InChI=1S/C10H11NO4/c1-2-9(12)14-15-10(13)11-8-6-4-3-5-7-8/h3-7H,2H2,1H3,(H,11,13). The van der Waals surface area contributed by atoms with Crippen molar-refractivity contribution < 1.29 is 19.4 Å². The molecule has 1 N–H and O–H groups in total. The maximum atomic E-state index is 11.0. The van der Waals surface area contributed by atoms with Crippen LogP contribution in [-0.4, -0.2) is 12.1 Å². The highest BCUT2D eigenvalue weighted by Gasteiger charge is 2.07. The van der Waals surface area contributed by atoms with E-state index in [9.17, 15) is 9.59 Å². The molecule has 0 heterocycles. The summed E-state index contributed by atoms with van der Waals surface area (Å²) in [5.41, 5.74) is 0.565. The van der Waals surface area contributed by atoms with Gasteiger partial charge in [0, 0.05) is 12.1 Å². The molecule has 0 saturated carbocycles. The van der Waals surface area contributed by atoms with Crippen LogP contribution in [0.2, 0.25) is 0 Å². The van der Waals surface area contributed by atoms with Gasteiger partial charge >= 0.3 is 12.1 Å². The van der Waals surface area contributed by atoms with Gasteiger partial charge in [-0.2, -0.15) is 0 Å². The normalized spacial score (nSPS) is 9.13. The van der Waals surface area contributed by atoms with E-state index in [2.05, 4.69) is 15.1 Å². The smallest absolute Gasteiger partial charge is 0.288 e. The first-order valence-electron chi connectivity index (χ1n) is 4.45. The molecule has 5 heteroatoms. The molecule has 0 spiro atoms. The summed E-state index contributed by atoms with van der Waals surface area (Å²) in [6.07, 6.45) is -0.679. The Labute approximate surface area is 86.9 Å². The number of para-hydroxylation sites is 1. The van der Waals surface area contributed by atoms with Gasteiger partial charge in [0.05, 0.1) is 0 Å². The molecule has 1 rings (SSSR count). The highest BCUT2D eigenvalue weighted by molar-refractivity contribution is 5.84. The Bertz CT molecular complexity index is 337. The van der Waals surface area contributed by atoms with Gasteiger partial charge < -0.3 is 0 Å². The van der Waals surface area contributed by atoms with Crippen LogP contribution in [0.25, 0.3) is 0 Å². The van der Waals surface area contributed by atoms with Crippen LogP contribution in [0.15, 0.2) is 30.3 Å². The van der Waals surface area contributed by atoms with Crippen molar-refractivity contribution >= 4 is 17.7 Å². The first-order chi connectivity index (χ1) is 7.22. The van der Waals surface area contributed by atoms with E-state index in [1.165, 1.54) is 0 Å². The Morgan fingerprint density at radius 2 is 1.87 bits per heavy atom. The van der Waals surface area contributed by atoms with Crippen LogP contribution in [0.1, 0.15) is 13.3 Å². The van der Waals surface area contributed by atoms with Crippen LogP contribution in [0, 0.1) is 0 Å². The Balaban J connectivity index is 2.34. The van der Waals surface area contributed by atoms with Gasteiger partial charge in [-0.3, -0.25) is 5.32 Å². The van der Waals surface area contributed by atoms with Gasteiger partial charge in [-0.05, 0) is 12.1 Å². The van der Waals surface area contributed by atoms with E-state index in [1.807, 2.05) is 6.07 Å². The van der Waals surface area contributed by atoms with Gasteiger partial charge in [0.2, 0.25) is 0 Å². The van der Waals surface area contributed by atoms with E-state index in [1.54, 1.807) is 31.2 Å². The lowest BCUT2D eigenvalue weighted by Crippen LogP contribution is -2.16. The highest BCUT2D eigenvalue weighted by Crippen LogP contribution is 2.05. The van der Waals surface area contributed by atoms with Crippen LogP contribution in [-0.2, 0) is 14.6 Å². The van der Waals surface area contributed by atoms with Crippen LogP contribution < -0.4 is 5.32 Å². The number of anilines is 1. The van der Waals surface area contributed by atoms with E-state index < -0.39 is 12.1 Å². The third-order valence-corrected chi connectivity index (χ3v) is 1.52. The van der Waals surface area contributed by atoms with Crippen molar-refractivity contribution in [3.63, 3.8) is 0 Å². The number of carbonyl (C=O) groups is 2. The Hall–Kier alpha value is -2.04. The summed E-state index contributed by atoms with van der Waals surface area (Å²) in [6, 6.07) is 8.70. The zero-order valence-corrected chi connectivity index (χ0v) is 8.23. The predicted octanol–water partition coefficient (Wildman–Crippen LogP) is 2.10. The molecule has 0 radical (unpaired) electrons. The summed E-state index contributed by atoms with van der Waals surface area (Å²) < 4.78 is 0. The van der Waals surface area contributed by atoms with Crippen molar-refractivity contribution in [1.29, 1.82) is 0 Å². The second-order valence-electron chi connectivity index (χ2n) is 2.67. The third-order valence-electron chi connectivity index (χ3n) is 1.52. The lowest BCUT2D eigenvalue weighted by molar-refractivity contribution is -0.229. The quantitative estimate of drug-likeness (QED) is 0.598. The average Bonchev–Trinajstić information content (AvgIpc) is 2.27. The molecule has 0 aliphatic heterocycles. The zero-order valence-electron chi connectivity index (χ0n) is 8.23. The summed E-state index contributed by atoms with van der Waals surface area (Å²) in [5, 5.41) is 2.38. The van der Waals surface area contributed by atoms with Crippen LogP contribution in [0.5, 0.6) is 0 Å². The van der Waals surface area contributed by atoms with E-state index in [0.717, 1.165) is 0 Å². The van der Waals surface area contributed by atoms with E-state index in [-0.39, 0.29) is 6.42 Å². The molecule has 0 aliphatic carbocycles. The molecule has 5 nitrogen and oxygen atoms in total. The largest absolute Gasteiger partial charge is 0.454 e. The van der Waals surface area contributed by atoms with Gasteiger partial charge in [0.15, 0.2) is 0 Å². The molecule has 0 bridgehead atoms. The van der Waals surface area contributed by atoms with E-state index in [4.69, 9.17) is 0 Å². The molecule has 0 saturated heterocycles. The fourth-order valence-electron chi connectivity index (χ4n) is 0.803. The van der Waals surface area contributed by atoms with Crippen molar-refractivity contribution in [3.8, 4) is 0 Å². The number of hydrogen-bond acceptors (Lipinski definition) is 4. The minimum absolute atomic E-state index is 0.151. The maximum Gasteiger partial charge on any atom is 0.454 e. The number of benzene rings is 1. The average molecular weight is 209 g/mol. The van der Waals surface area contributed by atoms with Crippen LogP contribution in [0.3, 0.4) is 0 Å². The molecular formula is C10H11NO4. The molecule has 0 unspecified atom stereocenters. The second kappa shape index (κ2) is 5.64. The molecule has 0 aliphatic rings. The van der Waals surface area contributed by atoms with Crippen molar-refractivity contribution in [3.05, 3.63) is 30.3 Å². The van der Waals surface area contributed by atoms with Gasteiger partial charge in [-0.1, -0.05) is 25.1 Å². The van der Waals surface area contributed by atoms with E-state index in [0.29, 0.717) is 5.69 Å². The minimum atomic E-state index is -0.831. The summed E-state index contributed by atoms with van der Waals surface area (Å²) in [4.78, 5) is 30.0. The predicted molar refractivity (Wildman–Crippen MR) is 52.9 cm³/mol. The number of amides is 1. The summed E-state index contributed by atoms with van der Waals surface area (Å²) >= 11 is 0. The molecular weight excluding hydrogens is 198 g/mol. The summed E-state index contributed by atoms with van der Waals surface area (Å²) in [5.74, 6) is -0.599. The maximum absolute atomic E-state index is 11.0. The topological polar surface area (TPSA) is 64.6 Å². The monoisotopic (exact) mass is 209 g/mol. The zero-order chi connectivity index (χ0) is 11.1. The molecule has 0 atom stereocenters. The van der Waals surface area contributed by atoms with Gasteiger partial charge in [-0.25, -0.2) is 19.4 Å². The van der Waals surface area contributed by atoms with Gasteiger partial charge in [0.25, 0.3) is 0 Å². The molecule has 1 amide bonds. The molecule has 1 aromatic carbocycles. The Kier molecular flexibility index (Phi) is 4.15. The second-order valence-corrected chi connectivity index (χ2v) is 2.67. The van der Waals surface area contributed by atoms with Gasteiger partial charge in [-0.15, -0.1) is 0 Å². The van der Waals surface area contributed by atoms with Crippen molar-refractivity contribution in [2.45, 2.75) is 13.3 Å². The molecule has 1 aromatic rings. The van der Waals surface area contributed by atoms with Crippen LogP contribution in [0.4, 0.5) is 10.5 Å². The Morgan fingerprint density at radius 1 is 1.20 bits per heavy atom. The number of hydrogen-bond donors (Lipinski definition) is 1. The van der Waals surface area contributed by atoms with E-state index >= 15 is 0 Å². The lowest BCUT2D eigenvalue weighted by Gasteiger charge is -2.03. The lowest BCUT2D eigenvalue weighted by atomic mass is 10.3. The fraction of sp³-hybridized carbons (Fsp3) is 0.200. The number of carbonyl (C=O) groups excluding carboxylic acids is 2. The van der Waals surface area contributed by atoms with Crippen molar-refractivity contribution in [1.82, 2.24) is 0 Å². The Morgan fingerprint density at radius 3 is 2.47 bits per heavy atom. The summed E-state index contributed by atoms with van der Waals surface area (Å²) in [6.45, 7) is 1.60. The van der Waals surface area contributed by atoms with Crippen molar-refractivity contribution in [2.75, 3.05) is 5.32 Å². The fourth-order valence-corrected chi connectivity index (χ4v) is 0.803. The van der Waals surface area contributed by atoms with Crippen molar-refractivity contribution in [2.24, 2.45) is 0 Å². The van der Waals surface area contributed by atoms with Gasteiger partial charge in [0.1, 0.15) is 0 Å².